The van der Waals surface area contributed by atoms with E-state index in [-0.39, 0.29) is 0 Å². The fourth-order valence-electron chi connectivity index (χ4n) is 2.88. The minimum absolute atomic E-state index is 0.553. The van der Waals surface area contributed by atoms with Gasteiger partial charge in [0.1, 0.15) is 0 Å². The molecule has 118 valence electrons. The number of hydrogen-bond donors (Lipinski definition) is 2. The average molecular weight is 313 g/mol. The Hall–Kier alpha value is -1.20. The van der Waals surface area contributed by atoms with Crippen molar-refractivity contribution in [3.8, 4) is 0 Å². The van der Waals surface area contributed by atoms with Gasteiger partial charge in [-0.3, -0.25) is 4.99 Å². The van der Waals surface area contributed by atoms with Crippen LogP contribution in [0.2, 0.25) is 5.02 Å². The summed E-state index contributed by atoms with van der Waals surface area (Å²) in [6.45, 7) is 1.26. The molecule has 0 radical (unpaired) electrons. The van der Waals surface area contributed by atoms with Crippen LogP contribution in [0.15, 0.2) is 17.3 Å². The Balaban J connectivity index is 1.92. The van der Waals surface area contributed by atoms with Crippen molar-refractivity contribution in [1.29, 1.82) is 0 Å². The molecule has 0 aliphatic heterocycles. The molecule has 2 rings (SSSR count). The van der Waals surface area contributed by atoms with Crippen molar-refractivity contribution in [3.63, 3.8) is 0 Å². The molecule has 0 spiro atoms. The highest BCUT2D eigenvalue weighted by atomic mass is 35.5. The second-order valence-electron chi connectivity index (χ2n) is 5.95. The van der Waals surface area contributed by atoms with Crippen LogP contribution >= 0.6 is 11.6 Å². The minimum atomic E-state index is -0.578. The lowest BCUT2D eigenvalue weighted by atomic mass is 10.0. The van der Waals surface area contributed by atoms with Gasteiger partial charge in [-0.25, -0.2) is 0 Å². The van der Waals surface area contributed by atoms with Gasteiger partial charge < -0.3 is 19.9 Å². The van der Waals surface area contributed by atoms with E-state index in [1.807, 2.05) is 35.8 Å². The monoisotopic (exact) mass is 312 g/mol. The van der Waals surface area contributed by atoms with E-state index >= 15 is 0 Å². The van der Waals surface area contributed by atoms with Crippen molar-refractivity contribution in [3.05, 3.63) is 23.0 Å². The van der Waals surface area contributed by atoms with Crippen LogP contribution in [0.1, 0.15) is 31.4 Å². The maximum Gasteiger partial charge on any atom is 0.193 e. The molecule has 0 bridgehead atoms. The quantitative estimate of drug-likeness (QED) is 0.660. The number of aliphatic imine (C=N–C) groups is 1. The standard InChI is InChI=1S/C15H25ClN4O/c1-17-14(18-11-15(21)6-4-5-7-15)20(3)10-13-8-12(16)9-19(13)2/h8-9,21H,4-7,10-11H2,1-3H3,(H,17,18). The SMILES string of the molecule is CN=C(NCC1(O)CCCC1)N(C)Cc1cc(Cl)cn1C. The number of nitrogens with one attached hydrogen (secondary N) is 1. The van der Waals surface area contributed by atoms with Gasteiger partial charge in [-0.1, -0.05) is 24.4 Å². The fourth-order valence-corrected chi connectivity index (χ4v) is 3.15. The van der Waals surface area contributed by atoms with Gasteiger partial charge in [0.25, 0.3) is 0 Å². The van der Waals surface area contributed by atoms with E-state index in [1.54, 1.807) is 7.05 Å². The number of aryl methyl sites for hydroxylation is 1. The van der Waals surface area contributed by atoms with Crippen molar-refractivity contribution < 1.29 is 5.11 Å². The van der Waals surface area contributed by atoms with Crippen LogP contribution in [0.5, 0.6) is 0 Å². The van der Waals surface area contributed by atoms with Gasteiger partial charge in [-0.2, -0.15) is 0 Å². The molecular formula is C15H25ClN4O. The molecule has 2 N–H and O–H groups in total. The van der Waals surface area contributed by atoms with E-state index in [0.29, 0.717) is 13.1 Å². The second kappa shape index (κ2) is 6.71. The molecule has 1 heterocycles. The number of hydrogen-bond acceptors (Lipinski definition) is 2. The van der Waals surface area contributed by atoms with Gasteiger partial charge >= 0.3 is 0 Å². The van der Waals surface area contributed by atoms with Crippen molar-refractivity contribution >= 4 is 17.6 Å². The van der Waals surface area contributed by atoms with Crippen molar-refractivity contribution in [2.75, 3.05) is 20.6 Å². The number of rotatable bonds is 4. The molecule has 1 aliphatic carbocycles. The van der Waals surface area contributed by atoms with Crippen molar-refractivity contribution in [1.82, 2.24) is 14.8 Å². The van der Waals surface area contributed by atoms with Gasteiger partial charge in [0.05, 0.1) is 17.2 Å². The highest BCUT2D eigenvalue weighted by Gasteiger charge is 2.31. The van der Waals surface area contributed by atoms with Crippen molar-refractivity contribution in [2.45, 2.75) is 37.8 Å². The Labute approximate surface area is 131 Å². The van der Waals surface area contributed by atoms with E-state index in [1.165, 1.54) is 0 Å². The van der Waals surface area contributed by atoms with Gasteiger partial charge in [0.15, 0.2) is 5.96 Å². The molecule has 1 aromatic heterocycles. The van der Waals surface area contributed by atoms with E-state index in [9.17, 15) is 5.11 Å². The van der Waals surface area contributed by atoms with Gasteiger partial charge in [0.2, 0.25) is 0 Å². The highest BCUT2D eigenvalue weighted by molar-refractivity contribution is 6.30. The summed E-state index contributed by atoms with van der Waals surface area (Å²) in [5, 5.41) is 14.4. The third kappa shape index (κ3) is 4.14. The Morgan fingerprint density at radius 2 is 2.19 bits per heavy atom. The van der Waals surface area contributed by atoms with Crippen LogP contribution in [-0.2, 0) is 13.6 Å². The van der Waals surface area contributed by atoms with Gasteiger partial charge in [-0.15, -0.1) is 0 Å². The minimum Gasteiger partial charge on any atom is -0.388 e. The van der Waals surface area contributed by atoms with Crippen LogP contribution in [-0.4, -0.2) is 46.8 Å². The normalized spacial score (nSPS) is 18.0. The summed E-state index contributed by atoms with van der Waals surface area (Å²) in [6, 6.07) is 1.95. The molecule has 0 aromatic carbocycles. The summed E-state index contributed by atoms with van der Waals surface area (Å²) in [5.74, 6) is 0.785. The van der Waals surface area contributed by atoms with E-state index < -0.39 is 5.60 Å². The summed E-state index contributed by atoms with van der Waals surface area (Å²) in [6.07, 6.45) is 5.84. The molecule has 5 nitrogen and oxygen atoms in total. The largest absolute Gasteiger partial charge is 0.388 e. The first-order chi connectivity index (χ1) is 9.93. The smallest absolute Gasteiger partial charge is 0.193 e. The molecule has 0 amide bonds. The third-order valence-corrected chi connectivity index (χ3v) is 4.36. The highest BCUT2D eigenvalue weighted by Crippen LogP contribution is 2.28. The van der Waals surface area contributed by atoms with Crippen molar-refractivity contribution in [2.24, 2.45) is 12.0 Å². The summed E-state index contributed by atoms with van der Waals surface area (Å²) in [4.78, 5) is 6.32. The summed E-state index contributed by atoms with van der Waals surface area (Å²) in [7, 11) is 5.72. The van der Waals surface area contributed by atoms with Crippen LogP contribution in [0.4, 0.5) is 0 Å². The third-order valence-electron chi connectivity index (χ3n) is 4.16. The van der Waals surface area contributed by atoms with Crippen LogP contribution in [0.3, 0.4) is 0 Å². The number of halogens is 1. The first-order valence-corrected chi connectivity index (χ1v) is 7.76. The Morgan fingerprint density at radius 3 is 2.71 bits per heavy atom. The number of nitrogens with zero attached hydrogens (tertiary/aromatic N) is 3. The zero-order valence-electron chi connectivity index (χ0n) is 13.1. The predicted molar refractivity (Wildman–Crippen MR) is 86.7 cm³/mol. The second-order valence-corrected chi connectivity index (χ2v) is 6.39. The first kappa shape index (κ1) is 16.2. The number of aromatic nitrogens is 1. The molecule has 1 saturated carbocycles. The van der Waals surface area contributed by atoms with Crippen LogP contribution < -0.4 is 5.32 Å². The maximum absolute atomic E-state index is 10.4. The molecule has 0 unspecified atom stereocenters. The fraction of sp³-hybridized carbons (Fsp3) is 0.667. The molecule has 1 aromatic rings. The molecule has 1 aliphatic rings. The molecule has 0 saturated heterocycles. The summed E-state index contributed by atoms with van der Waals surface area (Å²) < 4.78 is 2.01. The zero-order valence-corrected chi connectivity index (χ0v) is 13.8. The van der Waals surface area contributed by atoms with Crippen LogP contribution in [0, 0.1) is 0 Å². The topological polar surface area (TPSA) is 52.8 Å². The number of guanidine groups is 1. The Kier molecular flexibility index (Phi) is 5.17. The summed E-state index contributed by atoms with van der Waals surface area (Å²) in [5.41, 5.74) is 0.537. The van der Waals surface area contributed by atoms with Crippen LogP contribution in [0.25, 0.3) is 0 Å². The van der Waals surface area contributed by atoms with Gasteiger partial charge in [0, 0.05) is 39.6 Å². The first-order valence-electron chi connectivity index (χ1n) is 7.38. The zero-order chi connectivity index (χ0) is 15.5. The maximum atomic E-state index is 10.4. The van der Waals surface area contributed by atoms with E-state index in [4.69, 9.17) is 11.6 Å². The lowest BCUT2D eigenvalue weighted by Crippen LogP contribution is -2.46. The van der Waals surface area contributed by atoms with Gasteiger partial charge in [-0.05, 0) is 18.9 Å². The number of aliphatic hydroxyl groups is 1. The van der Waals surface area contributed by atoms with E-state index in [0.717, 1.165) is 42.4 Å². The van der Waals surface area contributed by atoms with E-state index in [2.05, 4.69) is 10.3 Å². The molecule has 0 atom stereocenters. The lowest BCUT2D eigenvalue weighted by Gasteiger charge is -2.27. The molecule has 1 fully saturated rings. The lowest BCUT2D eigenvalue weighted by molar-refractivity contribution is 0.0516. The molecule has 21 heavy (non-hydrogen) atoms. The molecule has 6 heteroatoms. The summed E-state index contributed by atoms with van der Waals surface area (Å²) >= 11 is 6.01. The Bertz CT molecular complexity index is 506. The molecular weight excluding hydrogens is 288 g/mol. The Morgan fingerprint density at radius 1 is 1.52 bits per heavy atom. The predicted octanol–water partition coefficient (Wildman–Crippen LogP) is 1.99. The average Bonchev–Trinajstić information content (AvgIpc) is 2.97.